The van der Waals surface area contributed by atoms with E-state index in [1.54, 1.807) is 23.0 Å². The first-order chi connectivity index (χ1) is 15.9. The normalized spacial score (nSPS) is 15.9. The van der Waals surface area contributed by atoms with E-state index in [0.717, 1.165) is 24.9 Å². The molecular weight excluding hydrogens is 457 g/mol. The number of pyridine rings is 1. The Labute approximate surface area is 200 Å². The summed E-state index contributed by atoms with van der Waals surface area (Å²) in [6, 6.07) is 4.73. The van der Waals surface area contributed by atoms with Crippen molar-refractivity contribution >= 4 is 15.1 Å². The molecule has 0 N–H and O–H groups in total. The molecule has 0 spiro atoms. The van der Waals surface area contributed by atoms with Gasteiger partial charge in [0.05, 0.1) is 6.20 Å². The predicted molar refractivity (Wildman–Crippen MR) is 132 cm³/mol. The number of hydrogen-bond donors (Lipinski definition) is 0. The number of nitrogens with zero attached hydrogens (tertiary/aromatic N) is 6. The zero-order chi connectivity index (χ0) is 24.7. The van der Waals surface area contributed by atoms with Gasteiger partial charge < -0.3 is 4.90 Å². The monoisotopic (exact) mass is 488 g/mol. The Morgan fingerprint density at radius 1 is 1.29 bits per heavy atom. The summed E-state index contributed by atoms with van der Waals surface area (Å²) < 4.78 is 31.6. The highest BCUT2D eigenvalue weighted by molar-refractivity contribution is 7.17. The SMILES string of the molecule is CCn1cc(Cc2cccn(-c3nc(N(C)CC4CC(C)(C)C4)cc(C(F)(F)P)n3)c2=O)cn1. The number of aryl methyl sites for hydroxylation is 1. The summed E-state index contributed by atoms with van der Waals surface area (Å²) >= 11 is 0. The minimum atomic E-state index is -3.25. The van der Waals surface area contributed by atoms with Crippen LogP contribution < -0.4 is 10.5 Å². The summed E-state index contributed by atoms with van der Waals surface area (Å²) in [5.74, 6) is 0.785. The summed E-state index contributed by atoms with van der Waals surface area (Å²) in [7, 11) is 3.36. The average molecular weight is 489 g/mol. The van der Waals surface area contributed by atoms with Gasteiger partial charge in [-0.05, 0) is 42.7 Å². The van der Waals surface area contributed by atoms with E-state index in [9.17, 15) is 13.6 Å². The first-order valence-corrected chi connectivity index (χ1v) is 12.0. The Morgan fingerprint density at radius 3 is 2.65 bits per heavy atom. The third-order valence-electron chi connectivity index (χ3n) is 6.29. The lowest BCUT2D eigenvalue weighted by Crippen LogP contribution is -2.39. The molecule has 1 saturated carbocycles. The van der Waals surface area contributed by atoms with Gasteiger partial charge in [0.15, 0.2) is 0 Å². The Bertz CT molecular complexity index is 1220. The molecule has 0 radical (unpaired) electrons. The third-order valence-corrected chi connectivity index (χ3v) is 6.59. The topological polar surface area (TPSA) is 68.8 Å². The van der Waals surface area contributed by atoms with E-state index in [1.165, 1.54) is 26.1 Å². The summed E-state index contributed by atoms with van der Waals surface area (Å²) in [5.41, 5.74) is -2.31. The quantitative estimate of drug-likeness (QED) is 0.444. The van der Waals surface area contributed by atoms with Crippen molar-refractivity contribution in [3.05, 3.63) is 64.0 Å². The van der Waals surface area contributed by atoms with E-state index in [-0.39, 0.29) is 11.5 Å². The van der Waals surface area contributed by atoms with Crippen molar-refractivity contribution in [2.45, 2.75) is 52.2 Å². The minimum Gasteiger partial charge on any atom is -0.359 e. The molecule has 0 amide bonds. The number of alkyl halides is 2. The van der Waals surface area contributed by atoms with Gasteiger partial charge in [0.25, 0.3) is 11.2 Å². The van der Waals surface area contributed by atoms with Crippen LogP contribution in [0.15, 0.2) is 41.6 Å². The van der Waals surface area contributed by atoms with E-state index >= 15 is 0 Å². The molecule has 1 atom stereocenters. The molecule has 3 heterocycles. The van der Waals surface area contributed by atoms with Crippen LogP contribution in [0, 0.1) is 11.3 Å². The number of hydrogen-bond acceptors (Lipinski definition) is 5. The van der Waals surface area contributed by atoms with Crippen molar-refractivity contribution in [1.82, 2.24) is 24.3 Å². The zero-order valence-electron chi connectivity index (χ0n) is 20.0. The molecule has 182 valence electrons. The highest BCUT2D eigenvalue weighted by Crippen LogP contribution is 2.45. The van der Waals surface area contributed by atoms with Crippen molar-refractivity contribution < 1.29 is 8.78 Å². The summed E-state index contributed by atoms with van der Waals surface area (Å²) in [4.78, 5) is 23.7. The van der Waals surface area contributed by atoms with Crippen LogP contribution in [0.2, 0.25) is 0 Å². The van der Waals surface area contributed by atoms with E-state index in [2.05, 4.69) is 28.9 Å². The lowest BCUT2D eigenvalue weighted by atomic mass is 9.64. The van der Waals surface area contributed by atoms with Gasteiger partial charge in [-0.1, -0.05) is 29.2 Å². The van der Waals surface area contributed by atoms with Crippen molar-refractivity contribution in [2.24, 2.45) is 11.3 Å². The highest BCUT2D eigenvalue weighted by atomic mass is 31.0. The maximum absolute atomic E-state index is 14.3. The largest absolute Gasteiger partial charge is 0.359 e. The fraction of sp³-hybridized carbons (Fsp3) is 0.500. The second-order valence-corrected chi connectivity index (χ2v) is 10.7. The van der Waals surface area contributed by atoms with Crippen LogP contribution in [-0.2, 0) is 18.6 Å². The maximum atomic E-state index is 14.3. The lowest BCUT2D eigenvalue weighted by molar-refractivity contribution is 0.0981. The van der Waals surface area contributed by atoms with E-state index in [4.69, 9.17) is 0 Å². The minimum absolute atomic E-state index is 0.0634. The summed E-state index contributed by atoms with van der Waals surface area (Å²) in [6.07, 6.45) is 7.66. The standard InChI is InChI=1S/C24H31F2N6OP/c1-5-31-15-16(13-27-31)9-18-7-6-8-32(21(18)33)22-28-19(24(25,26)34)10-20(29-22)30(4)14-17-11-23(2,3)12-17/h6-8,10,13,15,17H,5,9,11-12,14,34H2,1-4H3. The Hall–Kier alpha value is -2.67. The molecule has 3 aromatic rings. The van der Waals surface area contributed by atoms with E-state index < -0.39 is 11.4 Å². The third kappa shape index (κ3) is 5.35. The molecule has 1 aliphatic carbocycles. The molecule has 1 unspecified atom stereocenters. The molecule has 4 rings (SSSR count). The van der Waals surface area contributed by atoms with Gasteiger partial charge in [-0.3, -0.25) is 14.0 Å². The van der Waals surface area contributed by atoms with Gasteiger partial charge in [0.2, 0.25) is 5.95 Å². The summed E-state index contributed by atoms with van der Waals surface area (Å²) in [6.45, 7) is 7.88. The second-order valence-electron chi connectivity index (χ2n) is 9.94. The van der Waals surface area contributed by atoms with Crippen molar-refractivity contribution in [1.29, 1.82) is 0 Å². The Morgan fingerprint density at radius 2 is 2.03 bits per heavy atom. The number of aromatic nitrogens is 5. The molecule has 0 aliphatic heterocycles. The molecule has 7 nitrogen and oxygen atoms in total. The van der Waals surface area contributed by atoms with Crippen molar-refractivity contribution in [3.8, 4) is 5.95 Å². The fourth-order valence-corrected chi connectivity index (χ4v) is 4.88. The maximum Gasteiger partial charge on any atom is 0.300 e. The van der Waals surface area contributed by atoms with Gasteiger partial charge in [-0.25, -0.2) is 4.98 Å². The van der Waals surface area contributed by atoms with Crippen LogP contribution in [0.4, 0.5) is 14.6 Å². The molecule has 0 aromatic carbocycles. The first kappa shape index (κ1) is 24.5. The van der Waals surface area contributed by atoms with E-state index in [1.807, 2.05) is 25.1 Å². The molecule has 0 bridgehead atoms. The van der Waals surface area contributed by atoms with Crippen LogP contribution in [-0.4, -0.2) is 37.9 Å². The number of rotatable bonds is 8. The predicted octanol–water partition coefficient (Wildman–Crippen LogP) is 4.23. The fourth-order valence-electron chi connectivity index (χ4n) is 4.73. The lowest BCUT2D eigenvalue weighted by Gasteiger charge is -2.44. The molecule has 1 aliphatic rings. The van der Waals surface area contributed by atoms with Crippen LogP contribution in [0.5, 0.6) is 0 Å². The van der Waals surface area contributed by atoms with Crippen molar-refractivity contribution in [2.75, 3.05) is 18.5 Å². The number of anilines is 1. The average Bonchev–Trinajstić information content (AvgIpc) is 3.20. The smallest absolute Gasteiger partial charge is 0.300 e. The second kappa shape index (κ2) is 9.17. The molecule has 3 aromatic heterocycles. The summed E-state index contributed by atoms with van der Waals surface area (Å²) in [5, 5.41) is 4.25. The molecule has 34 heavy (non-hydrogen) atoms. The van der Waals surface area contributed by atoms with Gasteiger partial charge >= 0.3 is 0 Å². The molecule has 10 heteroatoms. The van der Waals surface area contributed by atoms with Gasteiger partial charge in [0, 0.05) is 50.6 Å². The van der Waals surface area contributed by atoms with Crippen molar-refractivity contribution in [3.63, 3.8) is 0 Å². The molecule has 1 fully saturated rings. The Balaban J connectivity index is 1.67. The van der Waals surface area contributed by atoms with Crippen LogP contribution >= 0.6 is 9.24 Å². The first-order valence-electron chi connectivity index (χ1n) is 11.4. The zero-order valence-corrected chi connectivity index (χ0v) is 21.2. The van der Waals surface area contributed by atoms with Gasteiger partial charge in [-0.15, -0.1) is 0 Å². The van der Waals surface area contributed by atoms with Crippen LogP contribution in [0.3, 0.4) is 0 Å². The molecule has 0 saturated heterocycles. The molecular formula is C24H31F2N6OP. The van der Waals surface area contributed by atoms with Crippen LogP contribution in [0.25, 0.3) is 5.95 Å². The van der Waals surface area contributed by atoms with Crippen LogP contribution in [0.1, 0.15) is 50.4 Å². The van der Waals surface area contributed by atoms with E-state index in [0.29, 0.717) is 35.7 Å². The number of halogens is 2. The highest BCUT2D eigenvalue weighted by Gasteiger charge is 2.37. The van der Waals surface area contributed by atoms with Gasteiger partial charge in [0.1, 0.15) is 11.5 Å². The Kier molecular flexibility index (Phi) is 6.60. The van der Waals surface area contributed by atoms with Gasteiger partial charge in [-0.2, -0.15) is 18.9 Å².